The Morgan fingerprint density at radius 2 is 1.61 bits per heavy atom. The summed E-state index contributed by atoms with van der Waals surface area (Å²) >= 11 is 0. The van der Waals surface area contributed by atoms with E-state index in [4.69, 9.17) is 9.47 Å². The molecule has 4 fully saturated rings. The van der Waals surface area contributed by atoms with Crippen molar-refractivity contribution in [3.05, 3.63) is 59.2 Å². The molecule has 8 atom stereocenters. The molecule has 2 aromatic carbocycles. The molecule has 0 bridgehead atoms. The zero-order valence-corrected chi connectivity index (χ0v) is 35.3. The van der Waals surface area contributed by atoms with Crippen molar-refractivity contribution in [1.82, 2.24) is 30.7 Å². The van der Waals surface area contributed by atoms with Crippen LogP contribution in [0.3, 0.4) is 0 Å². The van der Waals surface area contributed by atoms with Gasteiger partial charge in [0.25, 0.3) is 0 Å². The third kappa shape index (κ3) is 9.61. The van der Waals surface area contributed by atoms with E-state index in [0.29, 0.717) is 24.6 Å². The summed E-state index contributed by atoms with van der Waals surface area (Å²) in [5.74, 6) is -6.25. The molecule has 0 saturated carbocycles. The standard InChI is InChI=1S/C43H54F2N8O9/c1-23-15-34-42(59)62-25(3)36(41(58)51-11-6-5-7-33(51)40(57)52-13-14-61-22-35(52)38(55)46-24(2)39(56)53(34)21-23)49-37(54)31(18-26-16-28(44)20-29(45)17-26)48-43(60)47-30-8-9-32-27(19-30)10-12-50(32)4/h8-9,16-17,19-20,23-25,31,33-36H,5-7,10-15,18,21-22H2,1-4H3,(H,46,55)(H,49,54)(H2,47,48,60)/t23-,24+,25+,31+,33+,34+,35+,36+/m1/s1. The first kappa shape index (κ1) is 44.2. The number of hydrogen-bond acceptors (Lipinski definition) is 10. The third-order valence-corrected chi connectivity index (χ3v) is 12.4. The highest BCUT2D eigenvalue weighted by Gasteiger charge is 2.47. The number of likely N-dealkylation sites (N-methyl/N-ethyl adjacent to an activating group) is 1. The second-order valence-electron chi connectivity index (χ2n) is 17.0. The SMILES string of the molecule is C[C@@H]1C[C@H]2C(=O)O[C@@H](C)[C@H](NC(=O)[C@H](Cc3cc(F)cc(F)c3)NC(=O)Nc3ccc4c(c3)CCN4C)C(=O)N3CCCC[C@H]3C(=O)N3CCOC[C@H]3C(=O)N[C@@H](C)C(=O)N2C1. The number of piperidine rings is 1. The smallest absolute Gasteiger partial charge is 0.329 e. The van der Waals surface area contributed by atoms with E-state index in [1.54, 1.807) is 6.07 Å². The number of ether oxygens (including phenoxy) is 2. The highest BCUT2D eigenvalue weighted by molar-refractivity contribution is 5.99. The number of halogens is 2. The number of hydrogen-bond donors (Lipinski definition) is 4. The van der Waals surface area contributed by atoms with Gasteiger partial charge in [-0.1, -0.05) is 6.92 Å². The second kappa shape index (κ2) is 18.6. The van der Waals surface area contributed by atoms with Crippen LogP contribution in [-0.4, -0.2) is 145 Å². The van der Waals surface area contributed by atoms with E-state index in [1.165, 1.54) is 28.5 Å². The number of nitrogens with one attached hydrogen (secondary N) is 4. The van der Waals surface area contributed by atoms with E-state index in [2.05, 4.69) is 26.2 Å². The van der Waals surface area contributed by atoms with Crippen molar-refractivity contribution in [3.8, 4) is 0 Å². The number of fused-ring (bicyclic) bond motifs is 4. The number of benzene rings is 2. The van der Waals surface area contributed by atoms with Gasteiger partial charge in [0, 0.05) is 57.1 Å². The molecule has 7 amide bonds. The first-order valence-electron chi connectivity index (χ1n) is 21.2. The van der Waals surface area contributed by atoms with Crippen LogP contribution in [-0.2, 0) is 51.1 Å². The van der Waals surface area contributed by atoms with Crippen molar-refractivity contribution < 1.29 is 51.8 Å². The lowest BCUT2D eigenvalue weighted by Gasteiger charge is -2.43. The summed E-state index contributed by atoms with van der Waals surface area (Å²) in [6.45, 7) is 5.84. The number of carbonyl (C=O) groups excluding carboxylic acids is 7. The average Bonchev–Trinajstić information content (AvgIpc) is 3.82. The fourth-order valence-corrected chi connectivity index (χ4v) is 9.15. The van der Waals surface area contributed by atoms with Crippen LogP contribution in [0.4, 0.5) is 25.0 Å². The van der Waals surface area contributed by atoms with Crippen LogP contribution in [0.5, 0.6) is 0 Å². The number of esters is 1. The molecule has 4 saturated heterocycles. The van der Waals surface area contributed by atoms with Crippen LogP contribution >= 0.6 is 0 Å². The molecule has 7 rings (SSSR count). The van der Waals surface area contributed by atoms with Gasteiger partial charge in [-0.15, -0.1) is 0 Å². The van der Waals surface area contributed by atoms with Crippen LogP contribution in [0, 0.1) is 17.6 Å². The minimum atomic E-state index is -1.65. The van der Waals surface area contributed by atoms with Crippen LogP contribution in [0.2, 0.25) is 0 Å². The number of cyclic esters (lactones) is 1. The Kier molecular flexibility index (Phi) is 13.3. The topological polar surface area (TPSA) is 199 Å². The molecule has 0 aliphatic carbocycles. The molecule has 0 radical (unpaired) electrons. The largest absolute Gasteiger partial charge is 0.458 e. The van der Waals surface area contributed by atoms with Gasteiger partial charge in [0.15, 0.2) is 0 Å². The fourth-order valence-electron chi connectivity index (χ4n) is 9.15. The van der Waals surface area contributed by atoms with Crippen LogP contribution in [0.25, 0.3) is 0 Å². The number of anilines is 2. The molecule has 0 spiro atoms. The number of amides is 7. The Hall–Kier alpha value is -5.85. The minimum absolute atomic E-state index is 0.0208. The second-order valence-corrected chi connectivity index (χ2v) is 17.0. The predicted molar refractivity (Wildman–Crippen MR) is 219 cm³/mol. The van der Waals surface area contributed by atoms with Crippen LogP contribution < -0.4 is 26.2 Å². The molecular formula is C43H54F2N8O9. The number of urea groups is 1. The first-order chi connectivity index (χ1) is 29.6. The zero-order valence-electron chi connectivity index (χ0n) is 35.3. The van der Waals surface area contributed by atoms with Crippen molar-refractivity contribution in [2.75, 3.05) is 56.7 Å². The summed E-state index contributed by atoms with van der Waals surface area (Å²) in [5.41, 5.74) is 2.48. The van der Waals surface area contributed by atoms with E-state index in [9.17, 15) is 42.3 Å². The highest BCUT2D eigenvalue weighted by atomic mass is 19.1. The van der Waals surface area contributed by atoms with Crippen LogP contribution in [0.1, 0.15) is 57.6 Å². The maximum absolute atomic E-state index is 14.9. The molecule has 17 nitrogen and oxygen atoms in total. The van der Waals surface area contributed by atoms with Crippen molar-refractivity contribution in [3.63, 3.8) is 0 Å². The average molecular weight is 865 g/mol. The summed E-state index contributed by atoms with van der Waals surface area (Å²) in [7, 11) is 1.96. The maximum Gasteiger partial charge on any atom is 0.329 e. The maximum atomic E-state index is 14.9. The van der Waals surface area contributed by atoms with Gasteiger partial charge in [-0.05, 0) is 93.3 Å². The van der Waals surface area contributed by atoms with Gasteiger partial charge in [-0.25, -0.2) is 18.4 Å². The summed E-state index contributed by atoms with van der Waals surface area (Å²) in [5, 5.41) is 10.7. The Morgan fingerprint density at radius 1 is 0.871 bits per heavy atom. The van der Waals surface area contributed by atoms with Gasteiger partial charge >= 0.3 is 12.0 Å². The Bertz CT molecular complexity index is 2090. The van der Waals surface area contributed by atoms with Crippen molar-refractivity contribution in [2.45, 2.75) is 102 Å². The van der Waals surface area contributed by atoms with E-state index in [0.717, 1.165) is 36.3 Å². The lowest BCUT2D eigenvalue weighted by atomic mass is 9.97. The Morgan fingerprint density at radius 3 is 2.37 bits per heavy atom. The molecule has 0 unspecified atom stereocenters. The van der Waals surface area contributed by atoms with Gasteiger partial charge < -0.3 is 50.3 Å². The van der Waals surface area contributed by atoms with Gasteiger partial charge in [0.1, 0.15) is 54.0 Å². The van der Waals surface area contributed by atoms with Gasteiger partial charge in [-0.2, -0.15) is 0 Å². The van der Waals surface area contributed by atoms with Crippen LogP contribution in [0.15, 0.2) is 36.4 Å². The molecule has 19 heteroatoms. The number of morpholine rings is 1. The zero-order chi connectivity index (χ0) is 44.4. The van der Waals surface area contributed by atoms with Crippen molar-refractivity contribution in [1.29, 1.82) is 0 Å². The first-order valence-corrected chi connectivity index (χ1v) is 21.2. The third-order valence-electron chi connectivity index (χ3n) is 12.4. The highest BCUT2D eigenvalue weighted by Crippen LogP contribution is 2.30. The lowest BCUT2D eigenvalue weighted by Crippen LogP contribution is -2.65. The van der Waals surface area contributed by atoms with Crippen molar-refractivity contribution >= 4 is 52.9 Å². The fraction of sp³-hybridized carbons (Fsp3) is 0.558. The monoisotopic (exact) mass is 864 g/mol. The molecule has 2 aromatic rings. The molecule has 5 aliphatic heterocycles. The van der Waals surface area contributed by atoms with E-state index >= 15 is 0 Å². The molecule has 5 heterocycles. The summed E-state index contributed by atoms with van der Waals surface area (Å²) in [6, 6.07) is -0.298. The quantitative estimate of drug-likeness (QED) is 0.309. The summed E-state index contributed by atoms with van der Waals surface area (Å²) in [6.07, 6.45) is 0.466. The molecule has 62 heavy (non-hydrogen) atoms. The molecule has 334 valence electrons. The van der Waals surface area contributed by atoms with Crippen molar-refractivity contribution in [2.24, 2.45) is 5.92 Å². The molecule has 4 N–H and O–H groups in total. The normalized spacial score (nSPS) is 27.6. The number of rotatable bonds is 6. The Balaban J connectivity index is 1.21. The summed E-state index contributed by atoms with van der Waals surface area (Å²) < 4.78 is 40.4. The summed E-state index contributed by atoms with van der Waals surface area (Å²) in [4.78, 5) is 105. The Labute approximate surface area is 358 Å². The van der Waals surface area contributed by atoms with E-state index < -0.39 is 102 Å². The lowest BCUT2D eigenvalue weighted by molar-refractivity contribution is -0.165. The predicted octanol–water partition coefficient (Wildman–Crippen LogP) is 1.47. The molecule has 5 aliphatic rings. The molecule has 0 aromatic heterocycles. The van der Waals surface area contributed by atoms with E-state index in [1.807, 2.05) is 26.1 Å². The van der Waals surface area contributed by atoms with E-state index in [-0.39, 0.29) is 57.2 Å². The van der Waals surface area contributed by atoms with Gasteiger partial charge in [0.05, 0.1) is 13.2 Å². The minimum Gasteiger partial charge on any atom is -0.458 e. The number of nitrogens with zero attached hydrogens (tertiary/aromatic N) is 4. The van der Waals surface area contributed by atoms with Gasteiger partial charge in [-0.3, -0.25) is 24.0 Å². The molecular weight excluding hydrogens is 811 g/mol. The number of carbonyl (C=O) groups is 7. The van der Waals surface area contributed by atoms with Gasteiger partial charge in [0.2, 0.25) is 29.5 Å².